The number of fused-ring (bicyclic) bond motifs is 3. The standard InChI is InChI=1S/C18H16N3O.C11H8N.Ir/c1-10-8-9-14-13-6-5-7-15(16(13)22-18(14)19-10)17-20-11(2)12(3)21(17)4;1-2-6-10(7-3-1)11-8-4-5-9-12-11;/h5-6,8-9H,1-4H3;1-6,8-9H;/q2*-1;/i1D3;;. The summed E-state index contributed by atoms with van der Waals surface area (Å²) in [5.74, 6) is 0.760. The molecule has 0 N–H and O–H groups in total. The Balaban J connectivity index is 0.000000218. The van der Waals surface area contributed by atoms with E-state index < -0.39 is 6.85 Å². The van der Waals surface area contributed by atoms with Crippen molar-refractivity contribution in [1.82, 2.24) is 19.5 Å². The first-order valence-electron chi connectivity index (χ1n) is 12.4. The van der Waals surface area contributed by atoms with Crippen molar-refractivity contribution in [1.29, 1.82) is 0 Å². The average molecular weight is 640 g/mol. The van der Waals surface area contributed by atoms with Crippen molar-refractivity contribution in [3.05, 3.63) is 102 Å². The summed E-state index contributed by atoms with van der Waals surface area (Å²) in [5.41, 5.74) is 5.71. The van der Waals surface area contributed by atoms with Crippen molar-refractivity contribution in [2.75, 3.05) is 0 Å². The first-order chi connectivity index (χ1) is 17.7. The number of hydrogen-bond acceptors (Lipinski definition) is 4. The predicted octanol–water partition coefficient (Wildman–Crippen LogP) is 6.65. The van der Waals surface area contributed by atoms with Crippen LogP contribution in [0.4, 0.5) is 0 Å². The molecule has 0 saturated carbocycles. The van der Waals surface area contributed by atoms with Gasteiger partial charge in [0.05, 0.1) is 11.4 Å². The number of furan rings is 1. The molecule has 6 aromatic rings. The molecule has 0 aliphatic carbocycles. The number of imidazole rings is 1. The van der Waals surface area contributed by atoms with E-state index in [1.165, 1.54) is 6.07 Å². The average Bonchev–Trinajstić information content (AvgIpc) is 3.41. The maximum absolute atomic E-state index is 7.52. The van der Waals surface area contributed by atoms with Crippen LogP contribution in [-0.2, 0) is 27.2 Å². The Bertz CT molecular complexity index is 1660. The van der Waals surface area contributed by atoms with Crippen LogP contribution < -0.4 is 0 Å². The molecule has 4 heterocycles. The van der Waals surface area contributed by atoms with Gasteiger partial charge in [-0.15, -0.1) is 54.1 Å². The van der Waals surface area contributed by atoms with Crippen LogP contribution in [0.5, 0.6) is 0 Å². The third kappa shape index (κ3) is 4.81. The van der Waals surface area contributed by atoms with Gasteiger partial charge in [0.15, 0.2) is 0 Å². The van der Waals surface area contributed by atoms with Crippen molar-refractivity contribution >= 4 is 22.1 Å². The van der Waals surface area contributed by atoms with Crippen LogP contribution >= 0.6 is 0 Å². The molecule has 0 bridgehead atoms. The molecular formula is C29H24IrN4O-2. The van der Waals surface area contributed by atoms with Crippen LogP contribution in [0, 0.1) is 32.8 Å². The van der Waals surface area contributed by atoms with Crippen LogP contribution in [-0.4, -0.2) is 19.5 Å². The number of aromatic nitrogens is 4. The molecule has 0 spiro atoms. The zero-order valence-electron chi connectivity index (χ0n) is 22.5. The number of pyridine rings is 2. The topological polar surface area (TPSA) is 56.7 Å². The number of rotatable bonds is 2. The van der Waals surface area contributed by atoms with Crippen molar-refractivity contribution in [2.45, 2.75) is 20.7 Å². The van der Waals surface area contributed by atoms with Gasteiger partial charge in [0.1, 0.15) is 0 Å². The second-order valence-electron chi connectivity index (χ2n) is 7.90. The van der Waals surface area contributed by atoms with Gasteiger partial charge in [0, 0.05) is 59.9 Å². The second kappa shape index (κ2) is 10.3. The minimum atomic E-state index is -2.27. The van der Waals surface area contributed by atoms with Crippen molar-refractivity contribution in [3.8, 4) is 22.6 Å². The van der Waals surface area contributed by atoms with Gasteiger partial charge in [0.25, 0.3) is 0 Å². The SMILES string of the molecule is [2H]C([2H])([2H])c1ccc2c(n1)oc1c(-c3nc(C)c(C)n3C)[c-]ccc12.[Ir].[c-]1ccccc1-c1ccccn1. The molecule has 5 nitrogen and oxygen atoms in total. The van der Waals surface area contributed by atoms with Crippen molar-refractivity contribution in [3.63, 3.8) is 0 Å². The van der Waals surface area contributed by atoms with E-state index in [2.05, 4.69) is 27.1 Å². The molecule has 4 aromatic heterocycles. The Kier molecular flexibility index (Phi) is 6.13. The molecular weight excluding hydrogens is 613 g/mol. The van der Waals surface area contributed by atoms with Crippen LogP contribution in [0.1, 0.15) is 21.2 Å². The van der Waals surface area contributed by atoms with Crippen LogP contribution in [0.3, 0.4) is 0 Å². The molecule has 177 valence electrons. The summed E-state index contributed by atoms with van der Waals surface area (Å²) in [5, 5.41) is 1.65. The third-order valence-corrected chi connectivity index (χ3v) is 5.79. The molecule has 0 saturated heterocycles. The molecule has 0 fully saturated rings. The van der Waals surface area contributed by atoms with Gasteiger partial charge in [-0.05, 0) is 44.6 Å². The maximum atomic E-state index is 7.52. The van der Waals surface area contributed by atoms with Crippen LogP contribution in [0.2, 0.25) is 0 Å². The van der Waals surface area contributed by atoms with Gasteiger partial charge in [0.2, 0.25) is 5.71 Å². The molecule has 0 amide bonds. The van der Waals surface area contributed by atoms with Crippen LogP contribution in [0.15, 0.2) is 77.3 Å². The third-order valence-electron chi connectivity index (χ3n) is 5.79. The van der Waals surface area contributed by atoms with E-state index in [-0.39, 0.29) is 25.8 Å². The molecule has 0 aliphatic heterocycles. The number of nitrogens with zero attached hydrogens (tertiary/aromatic N) is 4. The largest absolute Gasteiger partial charge is 0.486 e. The fraction of sp³-hybridized carbons (Fsp3) is 0.138. The summed E-state index contributed by atoms with van der Waals surface area (Å²) >= 11 is 0. The number of aryl methyl sites for hydroxylation is 2. The van der Waals surface area contributed by atoms with E-state index in [0.29, 0.717) is 11.3 Å². The van der Waals surface area contributed by atoms with Gasteiger partial charge in [-0.2, -0.15) is 0 Å². The van der Waals surface area contributed by atoms with E-state index in [1.54, 1.807) is 12.3 Å². The second-order valence-corrected chi connectivity index (χ2v) is 7.90. The number of benzene rings is 2. The zero-order valence-corrected chi connectivity index (χ0v) is 21.9. The number of hydrogen-bond donors (Lipinski definition) is 0. The fourth-order valence-electron chi connectivity index (χ4n) is 3.80. The summed E-state index contributed by atoms with van der Waals surface area (Å²) in [6, 6.07) is 27.0. The summed E-state index contributed by atoms with van der Waals surface area (Å²) in [7, 11) is 1.95. The minimum Gasteiger partial charge on any atom is -0.486 e. The fourth-order valence-corrected chi connectivity index (χ4v) is 3.80. The quantitative estimate of drug-likeness (QED) is 0.199. The molecule has 1 radical (unpaired) electrons. The molecule has 0 aliphatic rings. The van der Waals surface area contributed by atoms with E-state index in [0.717, 1.165) is 44.8 Å². The van der Waals surface area contributed by atoms with Crippen LogP contribution in [0.25, 0.3) is 44.7 Å². The Morgan fingerprint density at radius 1 is 0.914 bits per heavy atom. The summed E-state index contributed by atoms with van der Waals surface area (Å²) in [4.78, 5) is 13.0. The summed E-state index contributed by atoms with van der Waals surface area (Å²) in [6.07, 6.45) is 1.79. The van der Waals surface area contributed by atoms with Crippen molar-refractivity contribution in [2.24, 2.45) is 7.05 Å². The van der Waals surface area contributed by atoms with E-state index in [1.807, 2.05) is 80.1 Å². The zero-order chi connectivity index (χ0) is 26.2. The van der Waals surface area contributed by atoms with Gasteiger partial charge >= 0.3 is 0 Å². The summed E-state index contributed by atoms with van der Waals surface area (Å²) < 4.78 is 30.5. The smallest absolute Gasteiger partial charge is 0.216 e. The van der Waals surface area contributed by atoms with E-state index in [4.69, 9.17) is 8.53 Å². The Morgan fingerprint density at radius 3 is 2.46 bits per heavy atom. The van der Waals surface area contributed by atoms with Crippen molar-refractivity contribution < 1.29 is 28.6 Å². The Labute approximate surface area is 222 Å². The first kappa shape index (κ1) is 20.7. The van der Waals surface area contributed by atoms with E-state index in [9.17, 15) is 0 Å². The van der Waals surface area contributed by atoms with Gasteiger partial charge in [-0.25, -0.2) is 4.98 Å². The van der Waals surface area contributed by atoms with E-state index >= 15 is 0 Å². The maximum Gasteiger partial charge on any atom is 0.216 e. The first-order valence-corrected chi connectivity index (χ1v) is 10.9. The summed E-state index contributed by atoms with van der Waals surface area (Å²) in [6.45, 7) is 1.70. The normalized spacial score (nSPS) is 12.3. The molecule has 0 atom stereocenters. The Morgan fingerprint density at radius 2 is 1.77 bits per heavy atom. The van der Waals surface area contributed by atoms with Gasteiger partial charge < -0.3 is 14.0 Å². The molecule has 6 heteroatoms. The Hall–Kier alpha value is -3.60. The molecule has 6 rings (SSSR count). The van der Waals surface area contributed by atoms with Gasteiger partial charge in [-0.1, -0.05) is 23.1 Å². The molecule has 35 heavy (non-hydrogen) atoms. The molecule has 0 unspecified atom stereocenters. The molecule has 2 aromatic carbocycles. The monoisotopic (exact) mass is 640 g/mol. The predicted molar refractivity (Wildman–Crippen MR) is 135 cm³/mol. The van der Waals surface area contributed by atoms with Gasteiger partial charge in [-0.3, -0.25) is 4.98 Å². The minimum absolute atomic E-state index is 0.